The average Bonchev–Trinajstić information content (AvgIpc) is 2.56. The number of nitrogens with one attached hydrogen (secondary N) is 3. The lowest BCUT2D eigenvalue weighted by molar-refractivity contribution is 0.249. The van der Waals surface area contributed by atoms with Crippen LogP contribution in [-0.2, 0) is 0 Å². The molecule has 5 N–H and O–H groups in total. The Bertz CT molecular complexity index is 258. The fourth-order valence-corrected chi connectivity index (χ4v) is 0.769. The quantitative estimate of drug-likeness (QED) is 0.526. The van der Waals surface area contributed by atoms with E-state index in [0.29, 0.717) is 12.2 Å². The zero-order valence-corrected chi connectivity index (χ0v) is 7.37. The van der Waals surface area contributed by atoms with Gasteiger partial charge >= 0.3 is 6.03 Å². The summed E-state index contributed by atoms with van der Waals surface area (Å²) in [4.78, 5) is 11.2. The van der Waals surface area contributed by atoms with Crippen LogP contribution in [0.4, 0.5) is 10.5 Å². The molecule has 1 atom stereocenters. The zero-order chi connectivity index (χ0) is 9.68. The van der Waals surface area contributed by atoms with Gasteiger partial charge in [-0.05, 0) is 6.92 Å². The number of hydrogen-bond donors (Lipinski definition) is 4. The molecule has 1 aromatic heterocycles. The molecule has 0 aliphatic rings. The Hall–Kier alpha value is -1.56. The predicted octanol–water partition coefficient (Wildman–Crippen LogP) is -0.122. The number of aromatic nitrogens is 2. The Morgan fingerprint density at radius 1 is 1.85 bits per heavy atom. The van der Waals surface area contributed by atoms with Gasteiger partial charge in [0.05, 0.1) is 11.9 Å². The molecule has 1 rings (SSSR count). The van der Waals surface area contributed by atoms with Crippen molar-refractivity contribution in [2.75, 3.05) is 11.9 Å². The van der Waals surface area contributed by atoms with Crippen molar-refractivity contribution < 1.29 is 4.79 Å². The number of aromatic amines is 1. The SMILES string of the molecule is CC(CN)NC(=O)Nc1cn[nH]c1. The van der Waals surface area contributed by atoms with Crippen LogP contribution < -0.4 is 16.4 Å². The van der Waals surface area contributed by atoms with E-state index >= 15 is 0 Å². The molecule has 72 valence electrons. The van der Waals surface area contributed by atoms with Gasteiger partial charge in [-0.3, -0.25) is 5.10 Å². The Labute approximate surface area is 75.9 Å². The summed E-state index contributed by atoms with van der Waals surface area (Å²) in [5, 5.41) is 11.5. The molecule has 0 aromatic carbocycles. The maximum Gasteiger partial charge on any atom is 0.319 e. The highest BCUT2D eigenvalue weighted by Gasteiger charge is 2.05. The van der Waals surface area contributed by atoms with Crippen molar-refractivity contribution in [3.05, 3.63) is 12.4 Å². The van der Waals surface area contributed by atoms with Gasteiger partial charge in [-0.15, -0.1) is 0 Å². The van der Waals surface area contributed by atoms with Gasteiger partial charge in [-0.1, -0.05) is 0 Å². The Morgan fingerprint density at radius 2 is 2.62 bits per heavy atom. The summed E-state index contributed by atoms with van der Waals surface area (Å²) < 4.78 is 0. The van der Waals surface area contributed by atoms with Crippen LogP contribution in [0, 0.1) is 0 Å². The molecule has 0 aliphatic carbocycles. The van der Waals surface area contributed by atoms with Crippen LogP contribution in [0.5, 0.6) is 0 Å². The number of carbonyl (C=O) groups excluding carboxylic acids is 1. The number of nitrogens with zero attached hydrogens (tertiary/aromatic N) is 1. The molecule has 6 nitrogen and oxygen atoms in total. The Balaban J connectivity index is 2.34. The van der Waals surface area contributed by atoms with E-state index in [4.69, 9.17) is 5.73 Å². The Morgan fingerprint density at radius 3 is 3.15 bits per heavy atom. The highest BCUT2D eigenvalue weighted by atomic mass is 16.2. The first kappa shape index (κ1) is 9.53. The number of anilines is 1. The number of amides is 2. The van der Waals surface area contributed by atoms with Gasteiger partial charge in [0.2, 0.25) is 0 Å². The summed E-state index contributed by atoms with van der Waals surface area (Å²) in [6.07, 6.45) is 3.11. The van der Waals surface area contributed by atoms with E-state index in [1.165, 1.54) is 6.20 Å². The van der Waals surface area contributed by atoms with Crippen molar-refractivity contribution in [1.29, 1.82) is 0 Å². The van der Waals surface area contributed by atoms with Crippen LogP contribution in [0.3, 0.4) is 0 Å². The summed E-state index contributed by atoms with van der Waals surface area (Å²) in [5.41, 5.74) is 5.96. The van der Waals surface area contributed by atoms with Gasteiger partial charge in [-0.2, -0.15) is 5.10 Å². The molecule has 0 saturated heterocycles. The number of nitrogens with two attached hydrogens (primary N) is 1. The fourth-order valence-electron chi connectivity index (χ4n) is 0.769. The number of urea groups is 1. The second-order valence-corrected chi connectivity index (χ2v) is 2.72. The third-order valence-corrected chi connectivity index (χ3v) is 1.49. The summed E-state index contributed by atoms with van der Waals surface area (Å²) in [6, 6.07) is -0.314. The third kappa shape index (κ3) is 3.12. The molecule has 0 bridgehead atoms. The molecular weight excluding hydrogens is 170 g/mol. The first-order valence-electron chi connectivity index (χ1n) is 3.98. The van der Waals surface area contributed by atoms with Crippen molar-refractivity contribution in [3.8, 4) is 0 Å². The maximum absolute atomic E-state index is 11.2. The van der Waals surface area contributed by atoms with E-state index in [2.05, 4.69) is 20.8 Å². The van der Waals surface area contributed by atoms with Crippen molar-refractivity contribution in [1.82, 2.24) is 15.5 Å². The molecule has 1 aromatic rings. The second-order valence-electron chi connectivity index (χ2n) is 2.72. The fraction of sp³-hybridized carbons (Fsp3) is 0.429. The molecule has 0 saturated carbocycles. The third-order valence-electron chi connectivity index (χ3n) is 1.49. The summed E-state index contributed by atoms with van der Waals surface area (Å²) in [7, 11) is 0. The van der Waals surface area contributed by atoms with E-state index in [0.717, 1.165) is 0 Å². The largest absolute Gasteiger partial charge is 0.334 e. The average molecular weight is 183 g/mol. The monoisotopic (exact) mass is 183 g/mol. The Kier molecular flexibility index (Phi) is 3.27. The molecule has 0 radical (unpaired) electrons. The van der Waals surface area contributed by atoms with Gasteiger partial charge in [0, 0.05) is 18.8 Å². The molecule has 0 spiro atoms. The standard InChI is InChI=1S/C7H13N5O/c1-5(2-8)11-7(13)12-6-3-9-10-4-6/h3-5H,2,8H2,1H3,(H,9,10)(H2,11,12,13). The first-order chi connectivity index (χ1) is 6.22. The second kappa shape index (κ2) is 4.46. The van der Waals surface area contributed by atoms with E-state index < -0.39 is 0 Å². The molecule has 2 amide bonds. The smallest absolute Gasteiger partial charge is 0.319 e. The number of carbonyl (C=O) groups is 1. The molecular formula is C7H13N5O. The van der Waals surface area contributed by atoms with Crippen LogP contribution in [0.2, 0.25) is 0 Å². The van der Waals surface area contributed by atoms with Crippen molar-refractivity contribution >= 4 is 11.7 Å². The van der Waals surface area contributed by atoms with E-state index in [-0.39, 0.29) is 12.1 Å². The minimum absolute atomic E-state index is 0.0353. The van der Waals surface area contributed by atoms with Crippen molar-refractivity contribution in [3.63, 3.8) is 0 Å². The van der Waals surface area contributed by atoms with Crippen molar-refractivity contribution in [2.45, 2.75) is 13.0 Å². The lowest BCUT2D eigenvalue weighted by Gasteiger charge is -2.10. The summed E-state index contributed by atoms with van der Waals surface area (Å²) >= 11 is 0. The zero-order valence-electron chi connectivity index (χ0n) is 7.37. The van der Waals surface area contributed by atoms with Crippen LogP contribution in [0.15, 0.2) is 12.4 Å². The van der Waals surface area contributed by atoms with Crippen LogP contribution in [0.25, 0.3) is 0 Å². The number of hydrogen-bond acceptors (Lipinski definition) is 3. The molecule has 1 unspecified atom stereocenters. The summed E-state index contributed by atoms with van der Waals surface area (Å²) in [5.74, 6) is 0. The van der Waals surface area contributed by atoms with Crippen LogP contribution in [0.1, 0.15) is 6.92 Å². The normalized spacial score (nSPS) is 12.2. The van der Waals surface area contributed by atoms with Gasteiger partial charge in [0.1, 0.15) is 0 Å². The van der Waals surface area contributed by atoms with E-state index in [1.807, 2.05) is 6.92 Å². The van der Waals surface area contributed by atoms with Gasteiger partial charge < -0.3 is 16.4 Å². The number of rotatable bonds is 3. The predicted molar refractivity (Wildman–Crippen MR) is 49.3 cm³/mol. The van der Waals surface area contributed by atoms with E-state index in [9.17, 15) is 4.79 Å². The first-order valence-corrected chi connectivity index (χ1v) is 3.98. The lowest BCUT2D eigenvalue weighted by Crippen LogP contribution is -2.40. The van der Waals surface area contributed by atoms with Crippen LogP contribution in [-0.4, -0.2) is 28.8 Å². The van der Waals surface area contributed by atoms with Crippen LogP contribution >= 0.6 is 0 Å². The highest BCUT2D eigenvalue weighted by Crippen LogP contribution is 1.99. The van der Waals surface area contributed by atoms with E-state index in [1.54, 1.807) is 6.20 Å². The number of H-pyrrole nitrogens is 1. The minimum atomic E-state index is -0.278. The van der Waals surface area contributed by atoms with Gasteiger partial charge in [-0.25, -0.2) is 4.79 Å². The molecule has 1 heterocycles. The van der Waals surface area contributed by atoms with Crippen molar-refractivity contribution in [2.24, 2.45) is 5.73 Å². The molecule has 6 heteroatoms. The minimum Gasteiger partial charge on any atom is -0.334 e. The highest BCUT2D eigenvalue weighted by molar-refractivity contribution is 5.89. The molecule has 0 aliphatic heterocycles. The van der Waals surface area contributed by atoms with Gasteiger partial charge in [0.15, 0.2) is 0 Å². The summed E-state index contributed by atoms with van der Waals surface area (Å²) in [6.45, 7) is 2.24. The van der Waals surface area contributed by atoms with Gasteiger partial charge in [0.25, 0.3) is 0 Å². The maximum atomic E-state index is 11.2. The molecule has 13 heavy (non-hydrogen) atoms. The molecule has 0 fully saturated rings. The topological polar surface area (TPSA) is 95.8 Å². The lowest BCUT2D eigenvalue weighted by atomic mass is 10.3.